The molecule has 0 unspecified atom stereocenters. The summed E-state index contributed by atoms with van der Waals surface area (Å²) in [7, 11) is 0. The van der Waals surface area contributed by atoms with Crippen LogP contribution < -0.4 is 16.0 Å². The van der Waals surface area contributed by atoms with Crippen LogP contribution in [0.15, 0.2) is 78.0 Å². The number of primary amides is 1. The van der Waals surface area contributed by atoms with Crippen LogP contribution in [0.3, 0.4) is 0 Å². The predicted molar refractivity (Wildman–Crippen MR) is 145 cm³/mol. The number of fused-ring (bicyclic) bond motifs is 4. The first-order chi connectivity index (χ1) is 18.5. The Morgan fingerprint density at radius 1 is 1.05 bits per heavy atom. The molecule has 1 aliphatic rings. The number of carbonyl (C=O) groups excluding carboxylic acids is 1. The van der Waals surface area contributed by atoms with Crippen LogP contribution in [0, 0.1) is 6.92 Å². The molecule has 3 N–H and O–H groups in total. The van der Waals surface area contributed by atoms with Gasteiger partial charge in [-0.05, 0) is 70.6 Å². The molecule has 0 saturated heterocycles. The minimum Gasteiger partial charge on any atom is -0.491 e. The zero-order valence-electron chi connectivity index (χ0n) is 20.6. The molecule has 2 aromatic heterocycles. The van der Waals surface area contributed by atoms with Crippen molar-refractivity contribution in [1.82, 2.24) is 14.5 Å². The van der Waals surface area contributed by atoms with Crippen molar-refractivity contribution >= 4 is 16.8 Å². The van der Waals surface area contributed by atoms with Gasteiger partial charge in [-0.3, -0.25) is 19.1 Å². The summed E-state index contributed by atoms with van der Waals surface area (Å²) >= 11 is 0. The number of para-hydroxylation sites is 1. The first-order valence-corrected chi connectivity index (χ1v) is 12.2. The standard InChI is InChI=1S/C30H24N4O4/c1-17-20(6-4-8-26(17)34-16-33-25-7-3-2-5-22(25)30(34)37)24-15-32-28(29(31)36)23-14-18-13-19(38-12-11-35)9-10-21(18)27(23)24/h2-10,13,15-16,35H,11-12,14H2,1H3,(H2,31,36). The predicted octanol–water partition coefficient (Wildman–Crippen LogP) is 3.80. The van der Waals surface area contributed by atoms with Crippen molar-refractivity contribution in [2.75, 3.05) is 13.2 Å². The number of nitrogens with two attached hydrogens (primary N) is 1. The quantitative estimate of drug-likeness (QED) is 0.356. The highest BCUT2D eigenvalue weighted by Crippen LogP contribution is 2.45. The lowest BCUT2D eigenvalue weighted by Gasteiger charge is -2.17. The third-order valence-corrected chi connectivity index (χ3v) is 7.01. The van der Waals surface area contributed by atoms with E-state index in [9.17, 15) is 9.59 Å². The molecule has 2 heterocycles. The van der Waals surface area contributed by atoms with Crippen LogP contribution in [-0.2, 0) is 6.42 Å². The first-order valence-electron chi connectivity index (χ1n) is 12.2. The summed E-state index contributed by atoms with van der Waals surface area (Å²) in [6.07, 6.45) is 3.71. The summed E-state index contributed by atoms with van der Waals surface area (Å²) in [4.78, 5) is 34.6. The number of amides is 1. The summed E-state index contributed by atoms with van der Waals surface area (Å²) in [6, 6.07) is 18.8. The van der Waals surface area contributed by atoms with Gasteiger partial charge in [0.05, 0.1) is 23.2 Å². The lowest BCUT2D eigenvalue weighted by molar-refractivity contribution is 0.0995. The van der Waals surface area contributed by atoms with Crippen LogP contribution in [0.25, 0.3) is 38.8 Å². The number of aliphatic hydroxyl groups is 1. The molecule has 5 aromatic rings. The van der Waals surface area contributed by atoms with Gasteiger partial charge in [-0.15, -0.1) is 0 Å². The second-order valence-electron chi connectivity index (χ2n) is 9.19. The molecular formula is C30H24N4O4. The van der Waals surface area contributed by atoms with Crippen LogP contribution in [0.2, 0.25) is 0 Å². The molecule has 8 heteroatoms. The van der Waals surface area contributed by atoms with E-state index in [1.807, 2.05) is 61.5 Å². The lowest BCUT2D eigenvalue weighted by atomic mass is 9.92. The Hall–Kier alpha value is -4.82. The fraction of sp³-hybridized carbons (Fsp3) is 0.133. The Balaban J connectivity index is 1.54. The number of hydrogen-bond donors (Lipinski definition) is 2. The van der Waals surface area contributed by atoms with Crippen LogP contribution in [-0.4, -0.2) is 38.8 Å². The maximum absolute atomic E-state index is 13.3. The van der Waals surface area contributed by atoms with Gasteiger partial charge in [-0.2, -0.15) is 0 Å². The number of carbonyl (C=O) groups is 1. The van der Waals surface area contributed by atoms with E-state index < -0.39 is 5.91 Å². The zero-order chi connectivity index (χ0) is 26.4. The lowest BCUT2D eigenvalue weighted by Crippen LogP contribution is -2.19. The van der Waals surface area contributed by atoms with Crippen LogP contribution >= 0.6 is 0 Å². The molecule has 0 atom stereocenters. The number of ether oxygens (including phenoxy) is 1. The van der Waals surface area contributed by atoms with Crippen molar-refractivity contribution in [3.8, 4) is 33.7 Å². The third-order valence-electron chi connectivity index (χ3n) is 7.01. The summed E-state index contributed by atoms with van der Waals surface area (Å²) < 4.78 is 7.16. The van der Waals surface area contributed by atoms with E-state index in [-0.39, 0.29) is 24.5 Å². The van der Waals surface area contributed by atoms with Crippen LogP contribution in [0.1, 0.15) is 27.2 Å². The molecule has 188 valence electrons. The van der Waals surface area contributed by atoms with Crippen LogP contribution in [0.5, 0.6) is 5.75 Å². The largest absolute Gasteiger partial charge is 0.491 e. The Kier molecular flexibility index (Phi) is 5.73. The molecule has 0 bridgehead atoms. The van der Waals surface area contributed by atoms with Gasteiger partial charge >= 0.3 is 0 Å². The number of aliphatic hydroxyl groups excluding tert-OH is 1. The highest BCUT2D eigenvalue weighted by Gasteiger charge is 2.28. The molecular weight excluding hydrogens is 480 g/mol. The van der Waals surface area contributed by atoms with Crippen molar-refractivity contribution in [1.29, 1.82) is 0 Å². The van der Waals surface area contributed by atoms with Crippen LogP contribution in [0.4, 0.5) is 0 Å². The fourth-order valence-electron chi connectivity index (χ4n) is 5.27. The van der Waals surface area contributed by atoms with E-state index in [2.05, 4.69) is 9.97 Å². The fourth-order valence-corrected chi connectivity index (χ4v) is 5.27. The highest BCUT2D eigenvalue weighted by atomic mass is 16.5. The SMILES string of the molecule is Cc1c(-c2cnc(C(N)=O)c3c2-c2ccc(OCCO)cc2C3)cccc1-n1cnc2ccccc2c1=O. The van der Waals surface area contributed by atoms with E-state index in [1.165, 1.54) is 0 Å². The zero-order valence-corrected chi connectivity index (χ0v) is 20.6. The normalized spacial score (nSPS) is 11.8. The van der Waals surface area contributed by atoms with Gasteiger partial charge in [0.1, 0.15) is 24.4 Å². The highest BCUT2D eigenvalue weighted by molar-refractivity contribution is 6.00. The van der Waals surface area contributed by atoms with Crippen molar-refractivity contribution in [3.05, 3.63) is 106 Å². The molecule has 6 rings (SSSR count). The van der Waals surface area contributed by atoms with Gasteiger partial charge in [0.25, 0.3) is 11.5 Å². The minimum absolute atomic E-state index is 0.0807. The summed E-state index contributed by atoms with van der Waals surface area (Å²) in [5.41, 5.74) is 13.3. The number of pyridine rings is 1. The van der Waals surface area contributed by atoms with Crippen molar-refractivity contribution in [2.45, 2.75) is 13.3 Å². The number of rotatable bonds is 6. The molecule has 0 saturated carbocycles. The minimum atomic E-state index is -0.586. The van der Waals surface area contributed by atoms with Gasteiger partial charge in [0.15, 0.2) is 0 Å². The molecule has 38 heavy (non-hydrogen) atoms. The van der Waals surface area contributed by atoms with Crippen molar-refractivity contribution in [3.63, 3.8) is 0 Å². The molecule has 0 spiro atoms. The maximum atomic E-state index is 13.3. The molecule has 8 nitrogen and oxygen atoms in total. The first kappa shape index (κ1) is 23.6. The topological polar surface area (TPSA) is 120 Å². The van der Waals surface area contributed by atoms with Gasteiger partial charge in [0, 0.05) is 18.2 Å². The summed E-state index contributed by atoms with van der Waals surface area (Å²) in [6.45, 7) is 2.07. The molecule has 0 radical (unpaired) electrons. The molecule has 0 fully saturated rings. The Morgan fingerprint density at radius 2 is 1.89 bits per heavy atom. The van der Waals surface area contributed by atoms with Gasteiger partial charge in [-0.25, -0.2) is 4.98 Å². The Bertz CT molecular complexity index is 1810. The second-order valence-corrected chi connectivity index (χ2v) is 9.19. The number of hydrogen-bond acceptors (Lipinski definition) is 6. The van der Waals surface area contributed by atoms with E-state index >= 15 is 0 Å². The van der Waals surface area contributed by atoms with E-state index in [4.69, 9.17) is 15.6 Å². The average Bonchev–Trinajstić information content (AvgIpc) is 3.31. The molecule has 1 amide bonds. The summed E-state index contributed by atoms with van der Waals surface area (Å²) in [5.74, 6) is 0.0544. The molecule has 0 aliphatic heterocycles. The Morgan fingerprint density at radius 3 is 2.71 bits per heavy atom. The van der Waals surface area contributed by atoms with Crippen molar-refractivity contribution < 1.29 is 14.6 Å². The second kappa shape index (κ2) is 9.24. The third kappa shape index (κ3) is 3.74. The Labute approximate surface area is 218 Å². The van der Waals surface area contributed by atoms with E-state index in [0.29, 0.717) is 28.8 Å². The van der Waals surface area contributed by atoms with E-state index in [0.717, 1.165) is 38.9 Å². The average molecular weight is 505 g/mol. The maximum Gasteiger partial charge on any atom is 0.267 e. The van der Waals surface area contributed by atoms with Gasteiger partial charge in [-0.1, -0.05) is 30.3 Å². The number of benzene rings is 3. The number of nitrogens with zero attached hydrogens (tertiary/aromatic N) is 3. The summed E-state index contributed by atoms with van der Waals surface area (Å²) in [5, 5.41) is 9.66. The molecule has 3 aromatic carbocycles. The van der Waals surface area contributed by atoms with Gasteiger partial charge in [0.2, 0.25) is 0 Å². The monoisotopic (exact) mass is 504 g/mol. The smallest absolute Gasteiger partial charge is 0.267 e. The van der Waals surface area contributed by atoms with Gasteiger partial charge < -0.3 is 15.6 Å². The van der Waals surface area contributed by atoms with Crippen molar-refractivity contribution in [2.24, 2.45) is 5.73 Å². The van der Waals surface area contributed by atoms with E-state index in [1.54, 1.807) is 23.2 Å². The number of aromatic nitrogens is 3. The molecule has 1 aliphatic carbocycles.